The number of aliphatic hydroxyl groups is 3. The maximum atomic E-state index is 12.4. The third kappa shape index (κ3) is 8.30. The van der Waals surface area contributed by atoms with Gasteiger partial charge in [-0.15, -0.1) is 0 Å². The van der Waals surface area contributed by atoms with Crippen LogP contribution in [0.4, 0.5) is 17.8 Å². The van der Waals surface area contributed by atoms with Crippen LogP contribution >= 0.6 is 0 Å². The van der Waals surface area contributed by atoms with E-state index in [0.29, 0.717) is 36.2 Å². The molecule has 0 amide bonds. The lowest BCUT2D eigenvalue weighted by Crippen LogP contribution is -2.51. The summed E-state index contributed by atoms with van der Waals surface area (Å²) in [4.78, 5) is 80.2. The van der Waals surface area contributed by atoms with E-state index in [0.717, 1.165) is 16.7 Å². The number of imidazole rings is 3. The third-order valence-corrected chi connectivity index (χ3v) is 26.3. The summed E-state index contributed by atoms with van der Waals surface area (Å²) in [6, 6.07) is -0.663. The van der Waals surface area contributed by atoms with E-state index in [-0.39, 0.29) is 112 Å². The molecule has 0 aromatic carbocycles. The van der Waals surface area contributed by atoms with E-state index in [9.17, 15) is 34.5 Å². The largest absolute Gasteiger partial charge is 0.455 e. The Bertz CT molecular complexity index is 3010. The van der Waals surface area contributed by atoms with Crippen molar-refractivity contribution in [1.82, 2.24) is 58.6 Å². The van der Waals surface area contributed by atoms with E-state index >= 15 is 0 Å². The van der Waals surface area contributed by atoms with Gasteiger partial charge in [0.05, 0.1) is 37.1 Å². The second-order valence-electron chi connectivity index (χ2n) is 20.0. The molecule has 6 aromatic rings. The lowest BCUT2D eigenvalue weighted by molar-refractivity contribution is 0.239. The second-order valence-corrected chi connectivity index (χ2v) is 32.7. The summed E-state index contributed by atoms with van der Waals surface area (Å²) in [5.74, 6) is -0.564. The molecule has 6 heterocycles. The highest BCUT2D eigenvalue weighted by atomic mass is 28.4. The number of nitrogen functional groups attached to an aromatic ring is 3. The number of rotatable bonds is 11. The minimum absolute atomic E-state index is 0.00328. The number of fused-ring (bicyclic) bond motifs is 3. The number of nitrogens with one attached hydrogen (secondary N) is 3. The quantitative estimate of drug-likeness (QED) is 0.0657. The lowest BCUT2D eigenvalue weighted by atomic mass is 10.0. The number of nitrogens with two attached hydrogens (primary N) is 3. The van der Waals surface area contributed by atoms with Gasteiger partial charge in [0.25, 0.3) is 16.7 Å². The van der Waals surface area contributed by atoms with Crippen LogP contribution in [-0.2, 0) is 4.12 Å². The minimum atomic E-state index is -2.56. The van der Waals surface area contributed by atoms with Crippen molar-refractivity contribution in [3.63, 3.8) is 0 Å². The fourth-order valence-electron chi connectivity index (χ4n) is 11.5. The van der Waals surface area contributed by atoms with Crippen LogP contribution in [0.15, 0.2) is 69.8 Å². The molecule has 0 saturated heterocycles. The van der Waals surface area contributed by atoms with Gasteiger partial charge in [-0.25, -0.2) is 15.0 Å². The number of hydrogen-bond acceptors (Lipinski definition) is 17. The molecule has 0 aliphatic heterocycles. The maximum Gasteiger partial charge on any atom is 0.280 e. The van der Waals surface area contributed by atoms with Crippen LogP contribution in [0, 0.1) is 17.8 Å². The van der Waals surface area contributed by atoms with Gasteiger partial charge in [-0.2, -0.15) is 15.0 Å². The fourth-order valence-corrected chi connectivity index (χ4v) is 24.4. The molecule has 3 aliphatic rings. The number of H-pyrrole nitrogens is 3. The van der Waals surface area contributed by atoms with E-state index in [1.807, 2.05) is 22.2 Å². The summed E-state index contributed by atoms with van der Waals surface area (Å²) in [5.41, 5.74) is 20.4. The predicted octanol–water partition coefficient (Wildman–Crippen LogP) is 2.18. The minimum Gasteiger partial charge on any atom is -0.455 e. The molecule has 23 nitrogen and oxygen atoms in total. The highest BCUT2D eigenvalue weighted by Gasteiger charge is 2.54. The lowest BCUT2D eigenvalue weighted by Gasteiger charge is -2.43. The third-order valence-electron chi connectivity index (χ3n) is 14.8. The number of aromatic amines is 3. The summed E-state index contributed by atoms with van der Waals surface area (Å²) < 4.78 is 12.7. The normalized spacial score (nSPS) is 25.9. The van der Waals surface area contributed by atoms with Crippen LogP contribution in [0.1, 0.15) is 37.4 Å². The standard InChI is InChI=1S/C28H40N10O5Si2.C14H21N5O3Si/c1-13-15(9-39)19(7-17(13)37-11-31-21-23(37)33-27(29)35-25(21)41)44(3,4)43-45(5,6)20-8-18(14(2)16(20)10-40)38-12-32-22-24(38)34-28(30)36-26(22)42;1-7-8(5-20)10(23(2,3)22)4-9(7)19-6-16-11-12(19)17-14(15)18-13(11)21/h11-12,15-20,39-40H,1-2,7-10H2,3-6H3,(H3,29,33,35,41)(H3,30,34,36,42);6,8-10,20,22H,1,4-5H2,2-3H3,(H3,15,17,18,21)/t15-,16-,17-,18-,19-,20-;8-,9-,10-/m00/s1. The molecule has 0 radical (unpaired) electrons. The smallest absolute Gasteiger partial charge is 0.280 e. The van der Waals surface area contributed by atoms with Gasteiger partial charge in [0, 0.05) is 37.6 Å². The Hall–Kier alpha value is -5.88. The van der Waals surface area contributed by atoms with Gasteiger partial charge < -0.3 is 55.1 Å². The number of anilines is 3. The monoisotopic (exact) mass is 987 g/mol. The Morgan fingerprint density at radius 1 is 0.574 bits per heavy atom. The highest BCUT2D eigenvalue weighted by molar-refractivity contribution is 6.86. The van der Waals surface area contributed by atoms with Gasteiger partial charge in [-0.1, -0.05) is 19.7 Å². The summed E-state index contributed by atoms with van der Waals surface area (Å²) >= 11 is 0. The molecule has 13 N–H and O–H groups in total. The van der Waals surface area contributed by atoms with E-state index < -0.39 is 36.1 Å². The van der Waals surface area contributed by atoms with Crippen LogP contribution in [0.25, 0.3) is 33.5 Å². The zero-order chi connectivity index (χ0) is 49.5. The topological polar surface area (TPSA) is 359 Å². The molecule has 0 bridgehead atoms. The first-order valence-corrected chi connectivity index (χ1v) is 31.4. The van der Waals surface area contributed by atoms with Gasteiger partial charge in [0.15, 0.2) is 58.4 Å². The number of aliphatic hydroxyl groups excluding tert-OH is 3. The van der Waals surface area contributed by atoms with Crippen LogP contribution in [0.5, 0.6) is 0 Å². The zero-order valence-corrected chi connectivity index (χ0v) is 42.0. The molecular weight excluding hydrogens is 927 g/mol. The van der Waals surface area contributed by atoms with E-state index in [1.54, 1.807) is 23.5 Å². The van der Waals surface area contributed by atoms with Crippen molar-refractivity contribution in [2.45, 2.75) is 93.3 Å². The molecule has 364 valence electrons. The first-order chi connectivity index (χ1) is 31.9. The molecule has 26 heteroatoms. The molecule has 3 saturated carbocycles. The van der Waals surface area contributed by atoms with Crippen molar-refractivity contribution < 1.29 is 24.2 Å². The number of nitrogens with zero attached hydrogens (tertiary/aromatic N) is 9. The van der Waals surface area contributed by atoms with Gasteiger partial charge in [-0.05, 0) is 91.9 Å². The van der Waals surface area contributed by atoms with Gasteiger partial charge >= 0.3 is 0 Å². The first kappa shape index (κ1) is 48.6. The van der Waals surface area contributed by atoms with Crippen molar-refractivity contribution >= 4 is 76.3 Å². The number of hydrogen-bond donors (Lipinski definition) is 10. The summed E-state index contributed by atoms with van der Waals surface area (Å²) in [6.07, 6.45) is 6.63. The summed E-state index contributed by atoms with van der Waals surface area (Å²) in [5, 5.41) is 30.9. The van der Waals surface area contributed by atoms with Crippen molar-refractivity contribution in [1.29, 1.82) is 0 Å². The molecule has 68 heavy (non-hydrogen) atoms. The van der Waals surface area contributed by atoms with E-state index in [4.69, 9.17) is 21.3 Å². The molecule has 0 spiro atoms. The SMILES string of the molecule is C=C1[C@H](CO)[C@@H]([Si](C)(C)O)C[C@@H]1n1cnc2c(=O)[nH]c(N)nc21.C=C1[C@H](CO)[C@@H]([Si](C)(C)O[Si](C)(C)[C@H]2C[C@H](n3cnc4c(=O)[nH]c(N)nc43)C(=C)[C@@H]2CO)C[C@@H]1n1cnc2c(=O)[nH]c(N)nc21. The van der Waals surface area contributed by atoms with Crippen molar-refractivity contribution in [3.05, 3.63) is 86.5 Å². The Labute approximate surface area is 392 Å². The Morgan fingerprint density at radius 3 is 1.12 bits per heavy atom. The highest BCUT2D eigenvalue weighted by Crippen LogP contribution is 2.56. The summed E-state index contributed by atoms with van der Waals surface area (Å²) in [7, 11) is -7.59. The van der Waals surface area contributed by atoms with Crippen LogP contribution in [0.3, 0.4) is 0 Å². The molecule has 9 rings (SSSR count). The summed E-state index contributed by atoms with van der Waals surface area (Å²) in [6.45, 7) is 25.1. The molecule has 3 fully saturated rings. The van der Waals surface area contributed by atoms with Crippen molar-refractivity contribution in [2.75, 3.05) is 37.0 Å². The van der Waals surface area contributed by atoms with Crippen LogP contribution < -0.4 is 33.9 Å². The Morgan fingerprint density at radius 2 is 0.853 bits per heavy atom. The fraction of sp³-hybridized carbons (Fsp3) is 0.500. The molecule has 9 atom stereocenters. The molecular formula is C42H61N15O8Si3. The average molecular weight is 988 g/mol. The van der Waals surface area contributed by atoms with E-state index in [1.165, 1.54) is 0 Å². The second kappa shape index (κ2) is 17.6. The van der Waals surface area contributed by atoms with Crippen LogP contribution in [-0.4, -0.2) is 123 Å². The average Bonchev–Trinajstić information content (AvgIpc) is 4.10. The molecule has 0 unspecified atom stereocenters. The van der Waals surface area contributed by atoms with Gasteiger partial charge in [0.2, 0.25) is 17.8 Å². The number of aromatic nitrogens is 12. The Balaban J connectivity index is 0.000000227. The molecule has 3 aliphatic carbocycles. The van der Waals surface area contributed by atoms with E-state index in [2.05, 4.69) is 90.8 Å². The van der Waals surface area contributed by atoms with Gasteiger partial charge in [-0.3, -0.25) is 29.3 Å². The first-order valence-electron chi connectivity index (χ1n) is 22.4. The predicted molar refractivity (Wildman–Crippen MR) is 265 cm³/mol. The van der Waals surface area contributed by atoms with Crippen molar-refractivity contribution in [2.24, 2.45) is 17.8 Å². The van der Waals surface area contributed by atoms with Crippen LogP contribution in [0.2, 0.25) is 55.9 Å². The zero-order valence-electron chi connectivity index (χ0n) is 39.0. The maximum absolute atomic E-state index is 12.4. The van der Waals surface area contributed by atoms with Crippen molar-refractivity contribution in [3.8, 4) is 0 Å². The Kier molecular flexibility index (Phi) is 12.6. The molecule has 6 aromatic heterocycles. The van der Waals surface area contributed by atoms with Gasteiger partial charge in [0.1, 0.15) is 0 Å².